The van der Waals surface area contributed by atoms with E-state index in [4.69, 9.17) is 0 Å². The van der Waals surface area contributed by atoms with Crippen LogP contribution in [0.1, 0.15) is 5.56 Å². The van der Waals surface area contributed by atoms with Crippen molar-refractivity contribution in [3.8, 4) is 5.88 Å². The van der Waals surface area contributed by atoms with E-state index >= 15 is 0 Å². The Hall–Kier alpha value is -2.63. The lowest BCUT2D eigenvalue weighted by Crippen LogP contribution is -2.30. The lowest BCUT2D eigenvalue weighted by Gasteiger charge is -2.02. The van der Waals surface area contributed by atoms with Gasteiger partial charge in [-0.1, -0.05) is 18.2 Å². The smallest absolute Gasteiger partial charge is 0.330 e. The van der Waals surface area contributed by atoms with Crippen LogP contribution >= 0.6 is 0 Å². The van der Waals surface area contributed by atoms with Crippen LogP contribution in [0.15, 0.2) is 44.9 Å². The molecule has 0 saturated heterocycles. The molecule has 1 aromatic heterocycles. The van der Waals surface area contributed by atoms with E-state index < -0.39 is 17.1 Å². The van der Waals surface area contributed by atoms with E-state index in [1.807, 2.05) is 6.07 Å². The molecule has 1 heterocycles. The molecule has 0 spiro atoms. The number of aliphatic imine (C=N–C) groups is 1. The molecule has 2 aromatic rings. The highest BCUT2D eigenvalue weighted by Gasteiger charge is 2.09. The van der Waals surface area contributed by atoms with Crippen molar-refractivity contribution in [1.82, 2.24) is 9.55 Å². The number of hydrogen-bond acceptors (Lipinski definition) is 4. The number of hydrogen-bond donors (Lipinski definition) is 2. The van der Waals surface area contributed by atoms with Crippen LogP contribution in [0.4, 0.5) is 5.69 Å². The molecule has 18 heavy (non-hydrogen) atoms. The maximum atomic E-state index is 11.5. The van der Waals surface area contributed by atoms with Gasteiger partial charge in [0.25, 0.3) is 5.56 Å². The van der Waals surface area contributed by atoms with Gasteiger partial charge in [-0.15, -0.1) is 0 Å². The maximum absolute atomic E-state index is 11.5. The fourth-order valence-corrected chi connectivity index (χ4v) is 1.40. The maximum Gasteiger partial charge on any atom is 0.330 e. The third-order valence-corrected chi connectivity index (χ3v) is 2.43. The molecule has 0 fully saturated rings. The first kappa shape index (κ1) is 11.8. The molecule has 92 valence electrons. The predicted molar refractivity (Wildman–Crippen MR) is 67.7 cm³/mol. The predicted octanol–water partition coefficient (Wildman–Crippen LogP) is 0.530. The summed E-state index contributed by atoms with van der Waals surface area (Å²) in [5.41, 5.74) is -0.754. The number of aromatic hydroxyl groups is 1. The van der Waals surface area contributed by atoms with Crippen LogP contribution in [-0.4, -0.2) is 20.9 Å². The second-order valence-corrected chi connectivity index (χ2v) is 3.65. The van der Waals surface area contributed by atoms with E-state index in [0.717, 1.165) is 4.57 Å². The zero-order chi connectivity index (χ0) is 13.1. The van der Waals surface area contributed by atoms with Crippen molar-refractivity contribution in [3.63, 3.8) is 0 Å². The van der Waals surface area contributed by atoms with E-state index in [2.05, 4.69) is 9.98 Å². The number of aromatic amines is 1. The summed E-state index contributed by atoms with van der Waals surface area (Å²) in [7, 11) is 1.35. The third-order valence-electron chi connectivity index (χ3n) is 2.43. The Morgan fingerprint density at radius 3 is 2.61 bits per heavy atom. The zero-order valence-electron chi connectivity index (χ0n) is 9.62. The number of nitrogens with zero attached hydrogens (tertiary/aromatic N) is 2. The van der Waals surface area contributed by atoms with Gasteiger partial charge >= 0.3 is 5.69 Å². The Labute approximate surface area is 102 Å². The van der Waals surface area contributed by atoms with Crippen LogP contribution in [0.25, 0.3) is 0 Å². The second kappa shape index (κ2) is 4.70. The highest BCUT2D eigenvalue weighted by Crippen LogP contribution is 2.11. The second-order valence-electron chi connectivity index (χ2n) is 3.65. The number of aromatic nitrogens is 2. The molecule has 0 aliphatic heterocycles. The number of para-hydroxylation sites is 1. The molecule has 0 saturated carbocycles. The van der Waals surface area contributed by atoms with Gasteiger partial charge in [-0.3, -0.25) is 19.3 Å². The minimum Gasteiger partial charge on any atom is -0.494 e. The Kier molecular flexibility index (Phi) is 3.09. The van der Waals surface area contributed by atoms with Crippen molar-refractivity contribution in [2.75, 3.05) is 0 Å². The van der Waals surface area contributed by atoms with Gasteiger partial charge in [0.1, 0.15) is 5.56 Å². The molecule has 6 nitrogen and oxygen atoms in total. The van der Waals surface area contributed by atoms with Crippen LogP contribution < -0.4 is 11.2 Å². The standard InChI is InChI=1S/C12H11N3O3/c1-15-11(17)9(10(16)14-12(15)18)7-13-8-5-3-2-4-6-8/h2-7,17H,1H3,(H,14,16,18). The number of rotatable bonds is 2. The first-order valence-corrected chi connectivity index (χ1v) is 5.21. The Morgan fingerprint density at radius 2 is 1.94 bits per heavy atom. The summed E-state index contributed by atoms with van der Waals surface area (Å²) in [5.74, 6) is -0.413. The lowest BCUT2D eigenvalue weighted by molar-refractivity contribution is 0.417. The zero-order valence-corrected chi connectivity index (χ0v) is 9.62. The monoisotopic (exact) mass is 245 g/mol. The van der Waals surface area contributed by atoms with Crippen LogP contribution in [0, 0.1) is 0 Å². The van der Waals surface area contributed by atoms with Gasteiger partial charge in [0.05, 0.1) is 5.69 Å². The molecular formula is C12H11N3O3. The summed E-state index contributed by atoms with van der Waals surface area (Å²) in [6.45, 7) is 0. The highest BCUT2D eigenvalue weighted by atomic mass is 16.3. The van der Waals surface area contributed by atoms with Gasteiger partial charge in [0, 0.05) is 13.3 Å². The first-order valence-electron chi connectivity index (χ1n) is 5.21. The first-order chi connectivity index (χ1) is 8.59. The molecular weight excluding hydrogens is 234 g/mol. The van der Waals surface area contributed by atoms with Crippen molar-refractivity contribution in [2.24, 2.45) is 12.0 Å². The van der Waals surface area contributed by atoms with Gasteiger partial charge in [-0.2, -0.15) is 0 Å². The summed E-state index contributed by atoms with van der Waals surface area (Å²) in [6.07, 6.45) is 1.23. The minimum atomic E-state index is -0.672. The van der Waals surface area contributed by atoms with Crippen molar-refractivity contribution < 1.29 is 5.11 Å². The molecule has 6 heteroatoms. The Morgan fingerprint density at radius 1 is 1.28 bits per heavy atom. The topological polar surface area (TPSA) is 87.4 Å². The minimum absolute atomic E-state index is 0.0547. The molecule has 0 aliphatic carbocycles. The number of benzene rings is 1. The summed E-state index contributed by atoms with van der Waals surface area (Å²) in [4.78, 5) is 28.8. The summed E-state index contributed by atoms with van der Waals surface area (Å²) >= 11 is 0. The largest absolute Gasteiger partial charge is 0.494 e. The average Bonchev–Trinajstić information content (AvgIpc) is 2.37. The van der Waals surface area contributed by atoms with Crippen LogP contribution in [0.5, 0.6) is 5.88 Å². The van der Waals surface area contributed by atoms with Gasteiger partial charge in [0.2, 0.25) is 5.88 Å². The third kappa shape index (κ3) is 2.22. The molecule has 0 aliphatic rings. The fraction of sp³-hybridized carbons (Fsp3) is 0.0833. The Bertz CT molecular complexity index is 699. The van der Waals surface area contributed by atoms with Crippen molar-refractivity contribution in [3.05, 3.63) is 56.7 Å². The van der Waals surface area contributed by atoms with Crippen molar-refractivity contribution in [1.29, 1.82) is 0 Å². The molecule has 0 radical (unpaired) electrons. The van der Waals surface area contributed by atoms with E-state index in [1.165, 1.54) is 13.3 Å². The van der Waals surface area contributed by atoms with E-state index in [9.17, 15) is 14.7 Å². The summed E-state index contributed by atoms with van der Waals surface area (Å²) < 4.78 is 0.938. The lowest BCUT2D eigenvalue weighted by atomic mass is 10.3. The number of nitrogens with one attached hydrogen (secondary N) is 1. The SMILES string of the molecule is Cn1c(O)c(C=Nc2ccccc2)c(=O)[nH]c1=O. The summed E-state index contributed by atoms with van der Waals surface area (Å²) in [5, 5.41) is 9.69. The van der Waals surface area contributed by atoms with Gasteiger partial charge in [-0.05, 0) is 12.1 Å². The van der Waals surface area contributed by atoms with Gasteiger partial charge in [-0.25, -0.2) is 4.79 Å². The molecule has 1 aromatic carbocycles. The Balaban J connectivity index is 2.48. The van der Waals surface area contributed by atoms with Gasteiger partial charge < -0.3 is 5.11 Å². The number of H-pyrrole nitrogens is 1. The normalized spacial score (nSPS) is 10.9. The van der Waals surface area contributed by atoms with E-state index in [-0.39, 0.29) is 5.56 Å². The van der Waals surface area contributed by atoms with Crippen LogP contribution in [0.2, 0.25) is 0 Å². The van der Waals surface area contributed by atoms with Crippen LogP contribution in [-0.2, 0) is 7.05 Å². The molecule has 0 bridgehead atoms. The molecule has 2 rings (SSSR count). The van der Waals surface area contributed by atoms with Crippen molar-refractivity contribution in [2.45, 2.75) is 0 Å². The summed E-state index contributed by atoms with van der Waals surface area (Å²) in [6, 6.07) is 8.96. The molecule has 0 amide bonds. The van der Waals surface area contributed by atoms with E-state index in [0.29, 0.717) is 5.69 Å². The molecule has 2 N–H and O–H groups in total. The molecule has 0 unspecified atom stereocenters. The van der Waals surface area contributed by atoms with Crippen LogP contribution in [0.3, 0.4) is 0 Å². The fourth-order valence-electron chi connectivity index (χ4n) is 1.40. The van der Waals surface area contributed by atoms with Gasteiger partial charge in [0.15, 0.2) is 0 Å². The van der Waals surface area contributed by atoms with E-state index in [1.54, 1.807) is 24.3 Å². The highest BCUT2D eigenvalue weighted by molar-refractivity contribution is 5.83. The average molecular weight is 245 g/mol. The molecule has 0 atom stereocenters. The van der Waals surface area contributed by atoms with Crippen molar-refractivity contribution >= 4 is 11.9 Å². The quantitative estimate of drug-likeness (QED) is 0.756.